The summed E-state index contributed by atoms with van der Waals surface area (Å²) in [6.45, 7) is 1.22. The number of carbonyl (C=O) groups is 1. The van der Waals surface area contributed by atoms with Crippen molar-refractivity contribution in [3.05, 3.63) is 59.9 Å². The number of nitrogens with one attached hydrogen (secondary N) is 2. The molecule has 1 aromatic heterocycles. The lowest BCUT2D eigenvalue weighted by molar-refractivity contribution is -0.00934. The minimum absolute atomic E-state index is 0.184. The molecule has 1 saturated carbocycles. The fraction of sp³-hybridized carbons (Fsp3) is 0.429. The Morgan fingerprint density at radius 3 is 2.63 bits per heavy atom. The van der Waals surface area contributed by atoms with Crippen LogP contribution in [0.25, 0.3) is 0 Å². The van der Waals surface area contributed by atoms with Crippen molar-refractivity contribution in [2.45, 2.75) is 32.2 Å². The second-order valence-corrected chi connectivity index (χ2v) is 6.98. The van der Waals surface area contributed by atoms with Gasteiger partial charge in [-0.1, -0.05) is 25.0 Å². The maximum absolute atomic E-state index is 12.5. The van der Waals surface area contributed by atoms with E-state index in [2.05, 4.69) is 15.8 Å². The minimum atomic E-state index is -0.274. The largest absolute Gasteiger partial charge is 0.396 e. The molecule has 0 aliphatic heterocycles. The lowest BCUT2D eigenvalue weighted by Crippen LogP contribution is -2.32. The van der Waals surface area contributed by atoms with Gasteiger partial charge in [-0.2, -0.15) is 0 Å². The molecule has 2 aromatic rings. The van der Waals surface area contributed by atoms with Crippen molar-refractivity contribution in [3.8, 4) is 0 Å². The van der Waals surface area contributed by atoms with Crippen LogP contribution in [0.5, 0.6) is 0 Å². The van der Waals surface area contributed by atoms with Crippen LogP contribution in [0.3, 0.4) is 0 Å². The van der Waals surface area contributed by atoms with Crippen molar-refractivity contribution in [1.82, 2.24) is 10.5 Å². The van der Waals surface area contributed by atoms with Gasteiger partial charge in [0.2, 0.25) is 0 Å². The van der Waals surface area contributed by atoms with E-state index < -0.39 is 0 Å². The maximum Gasteiger partial charge on any atom is 0.276 e. The Bertz CT molecular complexity index is 724. The number of aliphatic hydroxyl groups is 1. The third-order valence-corrected chi connectivity index (χ3v) is 5.17. The second kappa shape index (κ2) is 10.0. The second-order valence-electron chi connectivity index (χ2n) is 6.98. The van der Waals surface area contributed by atoms with E-state index in [0.29, 0.717) is 24.6 Å². The van der Waals surface area contributed by atoms with E-state index in [0.717, 1.165) is 36.9 Å². The Hall–Kier alpha value is -2.44. The molecule has 1 heterocycles. The molecule has 2 unspecified atom stereocenters. The van der Waals surface area contributed by atoms with Crippen molar-refractivity contribution in [2.75, 3.05) is 18.5 Å². The van der Waals surface area contributed by atoms with Gasteiger partial charge in [-0.05, 0) is 54.5 Å². The first kappa shape index (κ1) is 19.3. The molecule has 0 saturated heterocycles. The maximum atomic E-state index is 12.5. The zero-order chi connectivity index (χ0) is 18.9. The summed E-state index contributed by atoms with van der Waals surface area (Å²) in [6, 6.07) is 11.2. The number of para-hydroxylation sites is 1. The predicted octanol–water partition coefficient (Wildman–Crippen LogP) is 3.15. The zero-order valence-electron chi connectivity index (χ0n) is 15.4. The Balaban J connectivity index is 1.53. The minimum Gasteiger partial charge on any atom is -0.396 e. The summed E-state index contributed by atoms with van der Waals surface area (Å²) in [4.78, 5) is 22.0. The summed E-state index contributed by atoms with van der Waals surface area (Å²) in [5, 5.41) is 12.8. The van der Waals surface area contributed by atoms with Crippen molar-refractivity contribution < 1.29 is 14.7 Å². The van der Waals surface area contributed by atoms with Gasteiger partial charge in [0.15, 0.2) is 0 Å². The van der Waals surface area contributed by atoms with Crippen LogP contribution in [-0.4, -0.2) is 29.2 Å². The molecule has 1 fully saturated rings. The molecule has 3 rings (SSSR count). The number of amides is 1. The fourth-order valence-corrected chi connectivity index (χ4v) is 3.55. The summed E-state index contributed by atoms with van der Waals surface area (Å²) in [5.74, 6) is 0.290. The number of rotatable bonds is 8. The van der Waals surface area contributed by atoms with Crippen LogP contribution in [0.4, 0.5) is 5.69 Å². The highest BCUT2D eigenvalue weighted by atomic mass is 16.7. The van der Waals surface area contributed by atoms with E-state index >= 15 is 0 Å². The predicted molar refractivity (Wildman–Crippen MR) is 104 cm³/mol. The summed E-state index contributed by atoms with van der Waals surface area (Å²) in [5.41, 5.74) is 4.93. The smallest absolute Gasteiger partial charge is 0.276 e. The molecule has 144 valence electrons. The van der Waals surface area contributed by atoms with E-state index in [1.165, 1.54) is 0 Å². The summed E-state index contributed by atoms with van der Waals surface area (Å²) >= 11 is 0. The first-order chi connectivity index (χ1) is 13.3. The highest BCUT2D eigenvalue weighted by Crippen LogP contribution is 2.29. The standard InChI is InChI=1S/C21H27N3O3/c25-14-17-5-1-2-6-18(17)15-27-24-21(26)19-7-3-4-8-20(19)23-13-16-9-11-22-12-10-16/h3-4,7-12,17-18,23,25H,1-2,5-6,13-15H2,(H,24,26). The van der Waals surface area contributed by atoms with Crippen LogP contribution >= 0.6 is 0 Å². The number of nitrogens with zero attached hydrogens (tertiary/aromatic N) is 1. The molecule has 1 aliphatic rings. The molecule has 1 aliphatic carbocycles. The molecule has 1 amide bonds. The highest BCUT2D eigenvalue weighted by molar-refractivity contribution is 5.98. The number of aromatic nitrogens is 1. The monoisotopic (exact) mass is 369 g/mol. The molecule has 1 aromatic carbocycles. The average molecular weight is 369 g/mol. The van der Waals surface area contributed by atoms with Gasteiger partial charge in [-0.25, -0.2) is 5.48 Å². The summed E-state index contributed by atoms with van der Waals surface area (Å²) in [7, 11) is 0. The van der Waals surface area contributed by atoms with E-state index in [1.54, 1.807) is 18.5 Å². The third-order valence-electron chi connectivity index (χ3n) is 5.17. The van der Waals surface area contributed by atoms with Crippen LogP contribution in [0.2, 0.25) is 0 Å². The molecule has 3 N–H and O–H groups in total. The number of aliphatic hydroxyl groups excluding tert-OH is 1. The Kier molecular flexibility index (Phi) is 7.19. The number of anilines is 1. The van der Waals surface area contributed by atoms with E-state index in [9.17, 15) is 9.90 Å². The van der Waals surface area contributed by atoms with Gasteiger partial charge in [0.05, 0.1) is 12.2 Å². The molecular formula is C21H27N3O3. The number of hydrogen-bond donors (Lipinski definition) is 3. The van der Waals surface area contributed by atoms with Crippen molar-refractivity contribution in [3.63, 3.8) is 0 Å². The fourth-order valence-electron chi connectivity index (χ4n) is 3.55. The van der Waals surface area contributed by atoms with E-state index in [-0.39, 0.29) is 18.4 Å². The molecule has 2 atom stereocenters. The van der Waals surface area contributed by atoms with E-state index in [4.69, 9.17) is 4.84 Å². The van der Waals surface area contributed by atoms with Crippen molar-refractivity contribution >= 4 is 11.6 Å². The number of hydroxylamine groups is 1. The lowest BCUT2D eigenvalue weighted by atomic mass is 9.80. The molecule has 6 heteroatoms. The summed E-state index contributed by atoms with van der Waals surface area (Å²) < 4.78 is 0. The zero-order valence-corrected chi connectivity index (χ0v) is 15.4. The Morgan fingerprint density at radius 2 is 1.85 bits per heavy atom. The van der Waals surface area contributed by atoms with Crippen LogP contribution in [0, 0.1) is 11.8 Å². The van der Waals surface area contributed by atoms with Gasteiger partial charge < -0.3 is 10.4 Å². The van der Waals surface area contributed by atoms with Gasteiger partial charge in [-0.3, -0.25) is 14.6 Å². The van der Waals surface area contributed by atoms with Gasteiger partial charge in [0.25, 0.3) is 5.91 Å². The average Bonchev–Trinajstić information content (AvgIpc) is 2.73. The number of pyridine rings is 1. The van der Waals surface area contributed by atoms with Gasteiger partial charge in [0.1, 0.15) is 0 Å². The van der Waals surface area contributed by atoms with Crippen LogP contribution in [0.15, 0.2) is 48.8 Å². The quantitative estimate of drug-likeness (QED) is 0.623. The third kappa shape index (κ3) is 5.52. The molecular weight excluding hydrogens is 342 g/mol. The van der Waals surface area contributed by atoms with Crippen molar-refractivity contribution in [1.29, 1.82) is 0 Å². The summed E-state index contributed by atoms with van der Waals surface area (Å²) in [6.07, 6.45) is 7.86. The molecule has 0 bridgehead atoms. The molecule has 0 radical (unpaired) electrons. The van der Waals surface area contributed by atoms with Gasteiger partial charge >= 0.3 is 0 Å². The highest BCUT2D eigenvalue weighted by Gasteiger charge is 2.25. The SMILES string of the molecule is O=C(NOCC1CCCCC1CO)c1ccccc1NCc1ccncc1. The number of benzene rings is 1. The van der Waals surface area contributed by atoms with Gasteiger partial charge in [-0.15, -0.1) is 0 Å². The number of hydrogen-bond acceptors (Lipinski definition) is 5. The van der Waals surface area contributed by atoms with E-state index in [1.807, 2.05) is 30.3 Å². The topological polar surface area (TPSA) is 83.5 Å². The Morgan fingerprint density at radius 1 is 1.11 bits per heavy atom. The Labute approximate surface area is 159 Å². The lowest BCUT2D eigenvalue weighted by Gasteiger charge is -2.29. The van der Waals surface area contributed by atoms with Crippen LogP contribution < -0.4 is 10.8 Å². The van der Waals surface area contributed by atoms with Crippen molar-refractivity contribution in [2.24, 2.45) is 11.8 Å². The molecule has 6 nitrogen and oxygen atoms in total. The van der Waals surface area contributed by atoms with Crippen LogP contribution in [0.1, 0.15) is 41.6 Å². The van der Waals surface area contributed by atoms with Crippen LogP contribution in [-0.2, 0) is 11.4 Å². The first-order valence-electron chi connectivity index (χ1n) is 9.52. The molecule has 27 heavy (non-hydrogen) atoms. The normalized spacial score (nSPS) is 19.4. The molecule has 0 spiro atoms. The van der Waals surface area contributed by atoms with Gasteiger partial charge in [0, 0.05) is 31.2 Å². The first-order valence-corrected chi connectivity index (χ1v) is 9.52. The number of carbonyl (C=O) groups excluding carboxylic acids is 1.